The summed E-state index contributed by atoms with van der Waals surface area (Å²) < 4.78 is 3.56. The molecule has 3 nitrogen and oxygen atoms in total. The molecule has 0 aliphatic rings. The number of rotatable bonds is 6. The third kappa shape index (κ3) is 4.44. The summed E-state index contributed by atoms with van der Waals surface area (Å²) in [4.78, 5) is 3.59. The molecule has 0 unspecified atom stereocenters. The van der Waals surface area contributed by atoms with Crippen LogP contribution < -0.4 is 38.5 Å². The fourth-order valence-corrected chi connectivity index (χ4v) is 3.45. The molecule has 2 heterocycles. The molecular formula is C20H29Br2N3. The Morgan fingerprint density at radius 1 is 1.00 bits per heavy atom. The second-order valence-electron chi connectivity index (χ2n) is 6.88. The van der Waals surface area contributed by atoms with Gasteiger partial charge in [0.05, 0.1) is 33.1 Å². The van der Waals surface area contributed by atoms with Crippen molar-refractivity contribution in [3.8, 4) is 0 Å². The number of hydrogen-bond acceptors (Lipinski definition) is 0. The second-order valence-corrected chi connectivity index (χ2v) is 6.88. The van der Waals surface area contributed by atoms with Crippen LogP contribution in [0.4, 0.5) is 0 Å². The molecule has 0 saturated carbocycles. The van der Waals surface area contributed by atoms with Crippen LogP contribution in [0.5, 0.6) is 0 Å². The van der Waals surface area contributed by atoms with Crippen molar-refractivity contribution in [1.82, 2.24) is 4.98 Å². The van der Waals surface area contributed by atoms with E-state index >= 15 is 0 Å². The number of aromatic nitrogens is 2. The fraction of sp³-hybridized carbons (Fsp3) is 0.450. The van der Waals surface area contributed by atoms with Gasteiger partial charge in [0.2, 0.25) is 5.69 Å². The number of H-pyrrole nitrogens is 1. The first kappa shape index (κ1) is 22.1. The number of para-hydroxylation sites is 1. The van der Waals surface area contributed by atoms with Crippen molar-refractivity contribution in [3.63, 3.8) is 0 Å². The Labute approximate surface area is 172 Å². The Morgan fingerprint density at radius 2 is 1.68 bits per heavy atom. The van der Waals surface area contributed by atoms with Crippen LogP contribution in [0, 0.1) is 6.92 Å². The predicted octanol–water partition coefficient (Wildman–Crippen LogP) is -2.20. The Morgan fingerprint density at radius 3 is 2.36 bits per heavy atom. The lowest BCUT2D eigenvalue weighted by Crippen LogP contribution is -3.00. The Bertz CT molecular complexity index is 822. The van der Waals surface area contributed by atoms with Crippen molar-refractivity contribution in [2.45, 2.75) is 33.7 Å². The number of halogens is 2. The minimum atomic E-state index is 0. The van der Waals surface area contributed by atoms with Gasteiger partial charge < -0.3 is 43.4 Å². The van der Waals surface area contributed by atoms with Crippen LogP contribution in [0.1, 0.15) is 26.0 Å². The molecule has 1 N–H and O–H groups in total. The quantitative estimate of drug-likeness (QED) is 0.311. The van der Waals surface area contributed by atoms with Crippen molar-refractivity contribution in [2.75, 3.05) is 26.7 Å². The van der Waals surface area contributed by atoms with Crippen LogP contribution in [-0.2, 0) is 6.54 Å². The maximum Gasteiger partial charge on any atom is 0.202 e. The lowest BCUT2D eigenvalue weighted by Gasteiger charge is -2.31. The van der Waals surface area contributed by atoms with Crippen molar-refractivity contribution >= 4 is 21.8 Å². The van der Waals surface area contributed by atoms with Crippen LogP contribution in [0.25, 0.3) is 21.8 Å². The van der Waals surface area contributed by atoms with E-state index in [-0.39, 0.29) is 34.0 Å². The monoisotopic (exact) mass is 469 g/mol. The highest BCUT2D eigenvalue weighted by molar-refractivity contribution is 6.07. The molecule has 0 aliphatic heterocycles. The standard InChI is InChI=1S/C20H28N3.2BrH/c1-5-23(4,6-2)15-9-13-22-14-12-18-17-10-7-8-11-19(17)21-20(18)16(22)3;;/h7-8,10-12,14H,5-6,9,13,15H2,1-4H3;2*1H/q+1;;/p-1. The van der Waals surface area contributed by atoms with E-state index < -0.39 is 0 Å². The zero-order chi connectivity index (χ0) is 16.4. The molecule has 3 aromatic rings. The van der Waals surface area contributed by atoms with E-state index in [1.807, 2.05) is 0 Å². The molecule has 5 heteroatoms. The number of quaternary nitrogens is 1. The topological polar surface area (TPSA) is 19.7 Å². The van der Waals surface area contributed by atoms with E-state index in [4.69, 9.17) is 0 Å². The van der Waals surface area contributed by atoms with Crippen LogP contribution in [0.3, 0.4) is 0 Å². The zero-order valence-corrected chi connectivity index (χ0v) is 18.8. The van der Waals surface area contributed by atoms with E-state index in [0.717, 1.165) is 11.0 Å². The van der Waals surface area contributed by atoms with Crippen molar-refractivity contribution in [1.29, 1.82) is 0 Å². The van der Waals surface area contributed by atoms with E-state index in [0.29, 0.717) is 0 Å². The minimum absolute atomic E-state index is 0. The van der Waals surface area contributed by atoms with E-state index in [2.05, 4.69) is 73.9 Å². The SMILES string of the molecule is CC[N+](C)(CC)CCC[n+]1ccc2c([nH]c3ccccc32)c1C.[Br-].[Br-]. The Balaban J connectivity index is 0.00000156. The molecule has 0 aliphatic carbocycles. The van der Waals surface area contributed by atoms with Gasteiger partial charge in [0.1, 0.15) is 5.52 Å². The van der Waals surface area contributed by atoms with Gasteiger partial charge in [0, 0.05) is 29.3 Å². The minimum Gasteiger partial charge on any atom is -1.00 e. The normalized spacial score (nSPS) is 11.4. The number of nitrogens with one attached hydrogen (secondary N) is 1. The maximum atomic E-state index is 3.59. The molecule has 25 heavy (non-hydrogen) atoms. The highest BCUT2D eigenvalue weighted by Crippen LogP contribution is 2.25. The summed E-state index contributed by atoms with van der Waals surface area (Å²) in [6.45, 7) is 11.6. The highest BCUT2D eigenvalue weighted by atomic mass is 79.9. The van der Waals surface area contributed by atoms with Gasteiger partial charge in [-0.15, -0.1) is 0 Å². The molecule has 0 atom stereocenters. The zero-order valence-electron chi connectivity index (χ0n) is 15.6. The first-order chi connectivity index (χ1) is 11.1. The van der Waals surface area contributed by atoms with Crippen LogP contribution in [0.2, 0.25) is 0 Å². The number of pyridine rings is 1. The van der Waals surface area contributed by atoms with Crippen molar-refractivity contribution in [2.24, 2.45) is 0 Å². The molecule has 0 radical (unpaired) electrons. The van der Waals surface area contributed by atoms with Gasteiger partial charge in [-0.25, -0.2) is 4.57 Å². The average Bonchev–Trinajstić information content (AvgIpc) is 2.96. The molecule has 2 aromatic heterocycles. The molecule has 0 fully saturated rings. The molecule has 1 aromatic carbocycles. The third-order valence-corrected chi connectivity index (χ3v) is 5.58. The van der Waals surface area contributed by atoms with Crippen LogP contribution in [0.15, 0.2) is 36.5 Å². The molecule has 3 rings (SSSR count). The van der Waals surface area contributed by atoms with E-state index in [1.54, 1.807) is 0 Å². The highest BCUT2D eigenvalue weighted by Gasteiger charge is 2.19. The summed E-state index contributed by atoms with van der Waals surface area (Å²) in [5, 5.41) is 2.65. The lowest BCUT2D eigenvalue weighted by molar-refractivity contribution is -0.908. The van der Waals surface area contributed by atoms with Gasteiger partial charge in [0.25, 0.3) is 0 Å². The van der Waals surface area contributed by atoms with E-state index in [9.17, 15) is 0 Å². The number of fused-ring (bicyclic) bond motifs is 3. The molecule has 138 valence electrons. The summed E-state index contributed by atoms with van der Waals surface area (Å²) >= 11 is 0. The number of aromatic amines is 1. The number of nitrogens with zero attached hydrogens (tertiary/aromatic N) is 2. The summed E-state index contributed by atoms with van der Waals surface area (Å²) in [5.74, 6) is 0. The number of aryl methyl sites for hydroxylation is 2. The average molecular weight is 471 g/mol. The molecule has 0 saturated heterocycles. The summed E-state index contributed by atoms with van der Waals surface area (Å²) in [6.07, 6.45) is 3.47. The maximum absolute atomic E-state index is 3.59. The number of benzene rings is 1. The number of hydrogen-bond donors (Lipinski definition) is 1. The smallest absolute Gasteiger partial charge is 0.202 e. The van der Waals surface area contributed by atoms with Gasteiger partial charge in [-0.2, -0.15) is 0 Å². The van der Waals surface area contributed by atoms with Gasteiger partial charge in [0.15, 0.2) is 12.7 Å². The fourth-order valence-electron chi connectivity index (χ4n) is 3.45. The van der Waals surface area contributed by atoms with Crippen LogP contribution in [-0.4, -0.2) is 36.1 Å². The predicted molar refractivity (Wildman–Crippen MR) is 97.5 cm³/mol. The third-order valence-electron chi connectivity index (χ3n) is 5.58. The van der Waals surface area contributed by atoms with Crippen molar-refractivity contribution in [3.05, 3.63) is 42.2 Å². The molecule has 0 bridgehead atoms. The largest absolute Gasteiger partial charge is 1.00 e. The second kappa shape index (κ2) is 9.15. The summed E-state index contributed by atoms with van der Waals surface area (Å²) in [5.41, 5.74) is 3.84. The van der Waals surface area contributed by atoms with Crippen LogP contribution >= 0.6 is 0 Å². The first-order valence-electron chi connectivity index (χ1n) is 8.81. The van der Waals surface area contributed by atoms with Gasteiger partial charge in [-0.3, -0.25) is 0 Å². The van der Waals surface area contributed by atoms with Gasteiger partial charge in [-0.1, -0.05) is 18.2 Å². The van der Waals surface area contributed by atoms with Crippen molar-refractivity contribution < 1.29 is 43.0 Å². The molecule has 0 amide bonds. The van der Waals surface area contributed by atoms with Gasteiger partial charge in [-0.05, 0) is 19.9 Å². The Hall–Kier alpha value is -0.910. The lowest BCUT2D eigenvalue weighted by atomic mass is 10.1. The first-order valence-corrected chi connectivity index (χ1v) is 8.81. The molecule has 0 spiro atoms. The summed E-state index contributed by atoms with van der Waals surface area (Å²) in [7, 11) is 2.36. The van der Waals surface area contributed by atoms with Gasteiger partial charge >= 0.3 is 0 Å². The van der Waals surface area contributed by atoms with E-state index in [1.165, 1.54) is 53.6 Å². The Kier molecular flexibility index (Phi) is 8.10. The summed E-state index contributed by atoms with van der Waals surface area (Å²) in [6, 6.07) is 10.8. The molecular weight excluding hydrogens is 442 g/mol.